The molecule has 2 amide bonds. The first-order valence-electron chi connectivity index (χ1n) is 8.70. The third-order valence-electron chi connectivity index (χ3n) is 4.09. The lowest BCUT2D eigenvalue weighted by molar-refractivity contribution is 0.0954. The van der Waals surface area contributed by atoms with Crippen LogP contribution in [-0.2, 0) is 0 Å². The summed E-state index contributed by atoms with van der Waals surface area (Å²) in [6.07, 6.45) is 0. The van der Waals surface area contributed by atoms with E-state index in [9.17, 15) is 9.59 Å². The Kier molecular flexibility index (Phi) is 5.81. The zero-order valence-electron chi connectivity index (χ0n) is 15.3. The molecule has 6 heteroatoms. The fourth-order valence-corrected chi connectivity index (χ4v) is 2.49. The summed E-state index contributed by atoms with van der Waals surface area (Å²) in [4.78, 5) is 24.4. The Hall–Kier alpha value is -3.93. The number of nitrogen functional groups attached to an aromatic ring is 1. The van der Waals surface area contributed by atoms with Crippen LogP contribution in [0.4, 0.5) is 11.4 Å². The monoisotopic (exact) mass is 372 g/mol. The predicted octanol–water partition coefficient (Wildman–Crippen LogP) is 3.68. The van der Waals surface area contributed by atoms with Crippen LogP contribution in [0.2, 0.25) is 0 Å². The van der Waals surface area contributed by atoms with Gasteiger partial charge in [0.05, 0.1) is 5.71 Å². The van der Waals surface area contributed by atoms with Gasteiger partial charge in [-0.25, -0.2) is 5.43 Å². The van der Waals surface area contributed by atoms with Crippen LogP contribution in [0.5, 0.6) is 0 Å². The topological polar surface area (TPSA) is 96.6 Å². The molecule has 3 rings (SSSR count). The quantitative estimate of drug-likeness (QED) is 0.362. The van der Waals surface area contributed by atoms with Crippen LogP contribution in [-0.4, -0.2) is 17.5 Å². The number of hydrogen-bond donors (Lipinski definition) is 3. The van der Waals surface area contributed by atoms with Crippen LogP contribution in [0.3, 0.4) is 0 Å². The molecule has 3 aromatic carbocycles. The highest BCUT2D eigenvalue weighted by Gasteiger charge is 2.08. The summed E-state index contributed by atoms with van der Waals surface area (Å²) in [7, 11) is 0. The number of benzene rings is 3. The first-order valence-corrected chi connectivity index (χ1v) is 8.70. The lowest BCUT2D eigenvalue weighted by Crippen LogP contribution is -2.19. The van der Waals surface area contributed by atoms with Gasteiger partial charge in [-0.05, 0) is 61.0 Å². The van der Waals surface area contributed by atoms with Gasteiger partial charge in [-0.2, -0.15) is 5.10 Å². The highest BCUT2D eigenvalue weighted by Crippen LogP contribution is 2.12. The standard InChI is InChI=1S/C22H20N4O2/c1-15(16-7-11-19(23)12-8-16)25-26-22(28)18-9-13-20(14-10-18)24-21(27)17-5-3-2-4-6-17/h2-14H,23H2,1H3,(H,24,27)(H,26,28)/b25-15+. The molecule has 0 bridgehead atoms. The van der Waals surface area contributed by atoms with Crippen molar-refractivity contribution in [3.05, 3.63) is 95.6 Å². The number of carbonyl (C=O) groups is 2. The highest BCUT2D eigenvalue weighted by molar-refractivity contribution is 6.04. The van der Waals surface area contributed by atoms with Crippen molar-refractivity contribution in [2.24, 2.45) is 5.10 Å². The third-order valence-corrected chi connectivity index (χ3v) is 4.09. The number of carbonyl (C=O) groups excluding carboxylic acids is 2. The lowest BCUT2D eigenvalue weighted by Gasteiger charge is -2.07. The molecule has 3 aromatic rings. The van der Waals surface area contributed by atoms with E-state index in [0.29, 0.717) is 28.2 Å². The van der Waals surface area contributed by atoms with Gasteiger partial charge in [0.15, 0.2) is 0 Å². The minimum Gasteiger partial charge on any atom is -0.399 e. The molecule has 0 spiro atoms. The van der Waals surface area contributed by atoms with Crippen molar-refractivity contribution >= 4 is 28.9 Å². The average molecular weight is 372 g/mol. The van der Waals surface area contributed by atoms with Crippen LogP contribution in [0.1, 0.15) is 33.2 Å². The number of hydrazone groups is 1. The lowest BCUT2D eigenvalue weighted by atomic mass is 10.1. The number of rotatable bonds is 5. The van der Waals surface area contributed by atoms with E-state index in [-0.39, 0.29) is 11.8 Å². The van der Waals surface area contributed by atoms with E-state index in [1.54, 1.807) is 67.6 Å². The zero-order chi connectivity index (χ0) is 19.9. The number of amides is 2. The fourth-order valence-electron chi connectivity index (χ4n) is 2.49. The molecule has 4 N–H and O–H groups in total. The molecule has 0 radical (unpaired) electrons. The normalized spacial score (nSPS) is 11.0. The average Bonchev–Trinajstić information content (AvgIpc) is 2.73. The molecule has 0 fully saturated rings. The van der Waals surface area contributed by atoms with E-state index in [1.807, 2.05) is 18.2 Å². The summed E-state index contributed by atoms with van der Waals surface area (Å²) in [5.74, 6) is -0.544. The van der Waals surface area contributed by atoms with E-state index in [1.165, 1.54) is 0 Å². The number of hydrogen-bond acceptors (Lipinski definition) is 4. The Morgan fingerprint density at radius 2 is 1.32 bits per heavy atom. The van der Waals surface area contributed by atoms with E-state index in [0.717, 1.165) is 5.56 Å². The van der Waals surface area contributed by atoms with Gasteiger partial charge in [0.25, 0.3) is 11.8 Å². The SMILES string of the molecule is C/C(=N\NC(=O)c1ccc(NC(=O)c2ccccc2)cc1)c1ccc(N)cc1. The Labute approximate surface area is 163 Å². The maximum Gasteiger partial charge on any atom is 0.271 e. The first-order chi connectivity index (χ1) is 13.5. The summed E-state index contributed by atoms with van der Waals surface area (Å²) in [5.41, 5.74) is 12.0. The smallest absolute Gasteiger partial charge is 0.271 e. The third kappa shape index (κ3) is 4.82. The molecule has 140 valence electrons. The van der Waals surface area contributed by atoms with Gasteiger partial charge in [-0.3, -0.25) is 9.59 Å². The second-order valence-corrected chi connectivity index (χ2v) is 6.16. The molecule has 0 heterocycles. The molecule has 0 unspecified atom stereocenters. The van der Waals surface area contributed by atoms with E-state index >= 15 is 0 Å². The molecule has 0 atom stereocenters. The fraction of sp³-hybridized carbons (Fsp3) is 0.0455. The van der Waals surface area contributed by atoms with Crippen LogP contribution in [0.15, 0.2) is 84.0 Å². The van der Waals surface area contributed by atoms with Gasteiger partial charge in [0.1, 0.15) is 0 Å². The number of anilines is 2. The molecule has 0 aliphatic heterocycles. The van der Waals surface area contributed by atoms with Crippen LogP contribution in [0.25, 0.3) is 0 Å². The minimum absolute atomic E-state index is 0.207. The van der Waals surface area contributed by atoms with Crippen molar-refractivity contribution < 1.29 is 9.59 Å². The summed E-state index contributed by atoms with van der Waals surface area (Å²) in [6, 6.07) is 22.8. The van der Waals surface area contributed by atoms with Gasteiger partial charge >= 0.3 is 0 Å². The Morgan fingerprint density at radius 1 is 0.750 bits per heavy atom. The first kappa shape index (κ1) is 18.8. The molecule has 0 aliphatic carbocycles. The van der Waals surface area contributed by atoms with Crippen molar-refractivity contribution in [3.63, 3.8) is 0 Å². The van der Waals surface area contributed by atoms with Gasteiger partial charge < -0.3 is 11.1 Å². The molecule has 0 aromatic heterocycles. The van der Waals surface area contributed by atoms with E-state index < -0.39 is 0 Å². The second kappa shape index (κ2) is 8.64. The largest absolute Gasteiger partial charge is 0.399 e. The summed E-state index contributed by atoms with van der Waals surface area (Å²) < 4.78 is 0. The molecule has 28 heavy (non-hydrogen) atoms. The van der Waals surface area contributed by atoms with E-state index in [2.05, 4.69) is 15.8 Å². The van der Waals surface area contributed by atoms with E-state index in [4.69, 9.17) is 5.73 Å². The summed E-state index contributed by atoms with van der Waals surface area (Å²) >= 11 is 0. The summed E-state index contributed by atoms with van der Waals surface area (Å²) in [5, 5.41) is 6.91. The number of nitrogens with zero attached hydrogens (tertiary/aromatic N) is 1. The van der Waals surface area contributed by atoms with Crippen LogP contribution >= 0.6 is 0 Å². The Morgan fingerprint density at radius 3 is 1.96 bits per heavy atom. The zero-order valence-corrected chi connectivity index (χ0v) is 15.3. The Balaban J connectivity index is 1.61. The van der Waals surface area contributed by atoms with Crippen molar-refractivity contribution in [2.75, 3.05) is 11.1 Å². The van der Waals surface area contributed by atoms with Crippen LogP contribution in [0, 0.1) is 0 Å². The van der Waals surface area contributed by atoms with Gasteiger partial charge in [-0.1, -0.05) is 30.3 Å². The predicted molar refractivity (Wildman–Crippen MR) is 111 cm³/mol. The maximum atomic E-state index is 12.3. The minimum atomic E-state index is -0.337. The van der Waals surface area contributed by atoms with Crippen molar-refractivity contribution in [2.45, 2.75) is 6.92 Å². The Bertz CT molecular complexity index is 995. The molecule has 6 nitrogen and oxygen atoms in total. The molecule has 0 saturated heterocycles. The van der Waals surface area contributed by atoms with Crippen LogP contribution < -0.4 is 16.5 Å². The second-order valence-electron chi connectivity index (χ2n) is 6.16. The number of nitrogens with one attached hydrogen (secondary N) is 2. The van der Waals surface area contributed by atoms with Crippen molar-refractivity contribution in [1.29, 1.82) is 0 Å². The molecular weight excluding hydrogens is 352 g/mol. The molecular formula is C22H20N4O2. The van der Waals surface area contributed by atoms with Crippen molar-refractivity contribution in [1.82, 2.24) is 5.43 Å². The molecule has 0 saturated carbocycles. The summed E-state index contributed by atoms with van der Waals surface area (Å²) in [6.45, 7) is 1.80. The molecule has 0 aliphatic rings. The highest BCUT2D eigenvalue weighted by atomic mass is 16.2. The van der Waals surface area contributed by atoms with Crippen molar-refractivity contribution in [3.8, 4) is 0 Å². The van der Waals surface area contributed by atoms with Gasteiger partial charge in [0.2, 0.25) is 0 Å². The number of nitrogens with two attached hydrogens (primary N) is 1. The maximum absolute atomic E-state index is 12.3. The van der Waals surface area contributed by atoms with Gasteiger partial charge in [-0.15, -0.1) is 0 Å². The van der Waals surface area contributed by atoms with Gasteiger partial charge in [0, 0.05) is 22.5 Å².